The van der Waals surface area contributed by atoms with Gasteiger partial charge in [0.05, 0.1) is 0 Å². The zero-order chi connectivity index (χ0) is 11.5. The average molecular weight is 221 g/mol. The number of hydrogen-bond donors (Lipinski definition) is 0. The molecule has 0 spiro atoms. The topological polar surface area (TPSA) is 33.5 Å². The molecule has 3 nitrogen and oxygen atoms in total. The third kappa shape index (κ3) is 2.13. The average Bonchev–Trinajstić information content (AvgIpc) is 2.78. The van der Waals surface area contributed by atoms with E-state index in [0.717, 1.165) is 18.8 Å². The van der Waals surface area contributed by atoms with E-state index in [1.807, 2.05) is 6.07 Å². The molecular weight excluding hydrogens is 202 g/mol. The highest BCUT2D eigenvalue weighted by Crippen LogP contribution is 2.28. The Balaban J connectivity index is 2.17. The molecule has 3 heteroatoms. The first kappa shape index (κ1) is 11.2. The smallest absolute Gasteiger partial charge is 0.196 e. The molecule has 0 amide bonds. The lowest BCUT2D eigenvalue weighted by atomic mass is 10.0. The maximum absolute atomic E-state index is 11.2. The lowest BCUT2D eigenvalue weighted by Crippen LogP contribution is -2.38. The lowest BCUT2D eigenvalue weighted by molar-refractivity contribution is 0.0987. The highest BCUT2D eigenvalue weighted by Gasteiger charge is 2.23. The summed E-state index contributed by atoms with van der Waals surface area (Å²) in [5, 5.41) is 0. The van der Waals surface area contributed by atoms with Crippen LogP contribution in [0.5, 0.6) is 0 Å². The first-order valence-electron chi connectivity index (χ1n) is 6.09. The molecule has 16 heavy (non-hydrogen) atoms. The summed E-state index contributed by atoms with van der Waals surface area (Å²) in [6.07, 6.45) is 4.88. The van der Waals surface area contributed by atoms with Gasteiger partial charge >= 0.3 is 0 Å². The number of carbonyl (C=O) groups is 1. The molecule has 1 fully saturated rings. The summed E-state index contributed by atoms with van der Waals surface area (Å²) in [7, 11) is 0. The van der Waals surface area contributed by atoms with Crippen molar-refractivity contribution in [2.24, 2.45) is 0 Å². The Bertz CT molecular complexity index is 370. The monoisotopic (exact) mass is 221 g/mol. The highest BCUT2D eigenvalue weighted by molar-refractivity contribution is 5.91. The van der Waals surface area contributed by atoms with Crippen LogP contribution in [0.3, 0.4) is 0 Å². The fourth-order valence-electron chi connectivity index (χ4n) is 2.39. The Labute approximate surface area is 96.4 Å². The summed E-state index contributed by atoms with van der Waals surface area (Å²) in [6.45, 7) is 4.79. The van der Waals surface area contributed by atoms with E-state index in [9.17, 15) is 4.79 Å². The molecule has 0 N–H and O–H groups in total. The van der Waals surface area contributed by atoms with Gasteiger partial charge in [0.2, 0.25) is 0 Å². The minimum Gasteiger partial charge on any atom is -0.437 e. The summed E-state index contributed by atoms with van der Waals surface area (Å²) in [4.78, 5) is 13.5. The van der Waals surface area contributed by atoms with Crippen molar-refractivity contribution in [2.75, 3.05) is 11.4 Å². The van der Waals surface area contributed by atoms with E-state index in [4.69, 9.17) is 4.42 Å². The van der Waals surface area contributed by atoms with Crippen LogP contribution in [0.4, 0.5) is 5.88 Å². The summed E-state index contributed by atoms with van der Waals surface area (Å²) in [5.41, 5.74) is 0. The minimum atomic E-state index is -0.00342. The first-order chi connectivity index (χ1) is 7.72. The molecule has 0 saturated carbocycles. The van der Waals surface area contributed by atoms with Gasteiger partial charge in [0, 0.05) is 25.6 Å². The second-order valence-corrected chi connectivity index (χ2v) is 4.45. The molecule has 2 rings (SSSR count). The number of furan rings is 1. The van der Waals surface area contributed by atoms with Gasteiger partial charge in [-0.3, -0.25) is 4.79 Å². The summed E-state index contributed by atoms with van der Waals surface area (Å²) in [6, 6.07) is 4.27. The predicted octanol–water partition coefficient (Wildman–Crippen LogP) is 3.25. The van der Waals surface area contributed by atoms with Crippen LogP contribution in [0.2, 0.25) is 0 Å². The normalized spacial score (nSPS) is 21.1. The van der Waals surface area contributed by atoms with Crippen LogP contribution in [-0.4, -0.2) is 18.4 Å². The van der Waals surface area contributed by atoms with Crippen LogP contribution in [0.15, 0.2) is 16.5 Å². The Morgan fingerprint density at radius 3 is 2.94 bits per heavy atom. The van der Waals surface area contributed by atoms with Crippen LogP contribution in [0, 0.1) is 0 Å². The number of hydrogen-bond acceptors (Lipinski definition) is 3. The molecule has 1 unspecified atom stereocenters. The molecular formula is C13H19NO2. The van der Waals surface area contributed by atoms with Gasteiger partial charge in [-0.2, -0.15) is 0 Å². The van der Waals surface area contributed by atoms with Gasteiger partial charge in [-0.15, -0.1) is 0 Å². The Morgan fingerprint density at radius 1 is 1.50 bits per heavy atom. The molecule has 1 aromatic rings. The quantitative estimate of drug-likeness (QED) is 0.735. The van der Waals surface area contributed by atoms with Crippen molar-refractivity contribution >= 4 is 11.7 Å². The Hall–Kier alpha value is -1.25. The number of carbonyl (C=O) groups excluding carboxylic acids is 1. The third-order valence-corrected chi connectivity index (χ3v) is 3.32. The van der Waals surface area contributed by atoms with E-state index in [1.165, 1.54) is 26.2 Å². The number of rotatable bonds is 3. The number of nitrogens with zero attached hydrogens (tertiary/aromatic N) is 1. The number of Topliss-reactive ketones (excluding diaryl/α,β-unsaturated/α-hetero) is 1. The van der Waals surface area contributed by atoms with E-state index >= 15 is 0 Å². The van der Waals surface area contributed by atoms with Gasteiger partial charge in [0.25, 0.3) is 0 Å². The van der Waals surface area contributed by atoms with Crippen molar-refractivity contribution in [3.8, 4) is 0 Å². The molecule has 1 aromatic heterocycles. The fraction of sp³-hybridized carbons (Fsp3) is 0.615. The summed E-state index contributed by atoms with van der Waals surface area (Å²) < 4.78 is 5.59. The molecule has 0 aliphatic carbocycles. The zero-order valence-electron chi connectivity index (χ0n) is 10.0. The highest BCUT2D eigenvalue weighted by atomic mass is 16.4. The largest absolute Gasteiger partial charge is 0.437 e. The SMILES string of the molecule is CCC1CCCCN1c1ccc(C(C)=O)o1. The van der Waals surface area contributed by atoms with E-state index in [-0.39, 0.29) is 5.78 Å². The maximum atomic E-state index is 11.2. The van der Waals surface area contributed by atoms with Crippen molar-refractivity contribution in [3.05, 3.63) is 17.9 Å². The molecule has 0 aromatic carbocycles. The number of anilines is 1. The van der Waals surface area contributed by atoms with Crippen LogP contribution in [-0.2, 0) is 0 Å². The van der Waals surface area contributed by atoms with Gasteiger partial charge in [-0.1, -0.05) is 6.92 Å². The number of ketones is 1. The molecule has 1 atom stereocenters. The van der Waals surface area contributed by atoms with Crippen molar-refractivity contribution in [1.29, 1.82) is 0 Å². The fourth-order valence-corrected chi connectivity index (χ4v) is 2.39. The molecule has 1 aliphatic heterocycles. The van der Waals surface area contributed by atoms with Crippen LogP contribution >= 0.6 is 0 Å². The van der Waals surface area contributed by atoms with Crippen LogP contribution in [0.1, 0.15) is 50.1 Å². The Kier molecular flexibility index (Phi) is 3.32. The van der Waals surface area contributed by atoms with Gasteiger partial charge in [0.1, 0.15) is 0 Å². The second kappa shape index (κ2) is 4.73. The van der Waals surface area contributed by atoms with Crippen molar-refractivity contribution < 1.29 is 9.21 Å². The standard InChI is InChI=1S/C13H19NO2/c1-3-11-6-4-5-9-14(11)13-8-7-12(16-13)10(2)15/h7-8,11H,3-6,9H2,1-2H3. The van der Waals surface area contributed by atoms with Crippen molar-refractivity contribution in [3.63, 3.8) is 0 Å². The molecule has 0 radical (unpaired) electrons. The van der Waals surface area contributed by atoms with E-state index in [1.54, 1.807) is 6.07 Å². The molecule has 2 heterocycles. The van der Waals surface area contributed by atoms with Crippen LogP contribution < -0.4 is 4.90 Å². The maximum Gasteiger partial charge on any atom is 0.196 e. The lowest BCUT2D eigenvalue weighted by Gasteiger charge is -2.34. The first-order valence-corrected chi connectivity index (χ1v) is 6.09. The van der Waals surface area contributed by atoms with E-state index < -0.39 is 0 Å². The van der Waals surface area contributed by atoms with Crippen molar-refractivity contribution in [2.45, 2.75) is 45.6 Å². The second-order valence-electron chi connectivity index (χ2n) is 4.45. The minimum absolute atomic E-state index is 0.00342. The zero-order valence-corrected chi connectivity index (χ0v) is 10.0. The molecule has 0 bridgehead atoms. The summed E-state index contributed by atoms with van der Waals surface area (Å²) >= 11 is 0. The molecule has 88 valence electrons. The number of piperidine rings is 1. The summed E-state index contributed by atoms with van der Waals surface area (Å²) in [5.74, 6) is 1.32. The van der Waals surface area contributed by atoms with E-state index in [0.29, 0.717) is 11.8 Å². The van der Waals surface area contributed by atoms with Crippen molar-refractivity contribution in [1.82, 2.24) is 0 Å². The Morgan fingerprint density at radius 2 is 2.31 bits per heavy atom. The van der Waals surface area contributed by atoms with Gasteiger partial charge in [-0.05, 0) is 31.7 Å². The van der Waals surface area contributed by atoms with E-state index in [2.05, 4.69) is 11.8 Å². The predicted molar refractivity (Wildman–Crippen MR) is 64.0 cm³/mol. The molecule has 1 saturated heterocycles. The van der Waals surface area contributed by atoms with Gasteiger partial charge < -0.3 is 9.32 Å². The van der Waals surface area contributed by atoms with Gasteiger partial charge in [-0.25, -0.2) is 0 Å². The van der Waals surface area contributed by atoms with Gasteiger partial charge in [0.15, 0.2) is 17.4 Å². The molecule has 1 aliphatic rings. The van der Waals surface area contributed by atoms with Crippen LogP contribution in [0.25, 0.3) is 0 Å². The third-order valence-electron chi connectivity index (χ3n) is 3.32.